The van der Waals surface area contributed by atoms with Crippen molar-refractivity contribution < 1.29 is 36.6 Å². The lowest BCUT2D eigenvalue weighted by atomic mass is 10.1. The fraction of sp³-hybridized carbons (Fsp3) is 0.130. The highest BCUT2D eigenvalue weighted by atomic mass is 32.2. The van der Waals surface area contributed by atoms with E-state index in [2.05, 4.69) is 5.32 Å². The Balaban J connectivity index is 1.70. The predicted molar refractivity (Wildman–Crippen MR) is 119 cm³/mol. The van der Waals surface area contributed by atoms with Crippen molar-refractivity contribution in [2.24, 2.45) is 0 Å². The van der Waals surface area contributed by atoms with Gasteiger partial charge < -0.3 is 15.2 Å². The van der Waals surface area contributed by atoms with Crippen molar-refractivity contribution in [2.45, 2.75) is 11.3 Å². The largest absolute Gasteiger partial charge is 0.496 e. The summed E-state index contributed by atoms with van der Waals surface area (Å²) in [7, 11) is -2.74. The number of halogens is 2. The highest BCUT2D eigenvalue weighted by Gasteiger charge is 2.34. The number of nitrogens with zero attached hydrogens (tertiary/aromatic N) is 1. The van der Waals surface area contributed by atoms with Crippen LogP contribution in [0.1, 0.15) is 26.3 Å². The van der Waals surface area contributed by atoms with Crippen molar-refractivity contribution in [3.63, 3.8) is 0 Å². The Labute approximate surface area is 193 Å². The number of hydrogen-bond acceptors (Lipinski definition) is 5. The molecule has 3 aromatic rings. The zero-order valence-electron chi connectivity index (χ0n) is 17.7. The number of methoxy groups -OCH3 is 1. The number of carbonyl (C=O) groups is 2. The molecule has 3 aromatic carbocycles. The maximum atomic E-state index is 14.0. The van der Waals surface area contributed by atoms with Crippen LogP contribution in [0, 0.1) is 11.6 Å². The van der Waals surface area contributed by atoms with Gasteiger partial charge in [-0.2, -0.15) is 0 Å². The summed E-state index contributed by atoms with van der Waals surface area (Å²) in [6, 6.07) is 10.5. The Morgan fingerprint density at radius 3 is 2.50 bits per heavy atom. The molecule has 34 heavy (non-hydrogen) atoms. The first-order chi connectivity index (χ1) is 16.1. The molecule has 0 aromatic heterocycles. The predicted octanol–water partition coefficient (Wildman–Crippen LogP) is 3.68. The lowest BCUT2D eigenvalue weighted by Gasteiger charge is -2.21. The second-order valence-electron chi connectivity index (χ2n) is 7.41. The van der Waals surface area contributed by atoms with Crippen LogP contribution in [0.5, 0.6) is 5.75 Å². The standard InChI is InChI=1S/C23H18F2N2O6S/c1-33-21-10-13(22(28)26-15-5-6-17(23(29)30)19(25)12-15)9-20-18(21)7-8-27(20)34(31,32)16-4-2-3-14(24)11-16/h2-6,9-12H,7-8H2,1H3,(H,26,28)(H,29,30). The Hall–Kier alpha value is -3.99. The monoisotopic (exact) mass is 488 g/mol. The summed E-state index contributed by atoms with van der Waals surface area (Å²) in [4.78, 5) is 23.6. The van der Waals surface area contributed by atoms with Crippen LogP contribution in [0.4, 0.5) is 20.2 Å². The van der Waals surface area contributed by atoms with Crippen LogP contribution in [-0.2, 0) is 16.4 Å². The van der Waals surface area contributed by atoms with Crippen molar-refractivity contribution in [1.29, 1.82) is 0 Å². The van der Waals surface area contributed by atoms with Gasteiger partial charge in [0.25, 0.3) is 15.9 Å². The molecule has 0 saturated carbocycles. The summed E-state index contributed by atoms with van der Waals surface area (Å²) in [5.41, 5.74) is 0.267. The lowest BCUT2D eigenvalue weighted by Crippen LogP contribution is -2.29. The van der Waals surface area contributed by atoms with E-state index in [-0.39, 0.29) is 34.1 Å². The molecule has 176 valence electrons. The molecule has 0 aliphatic carbocycles. The third kappa shape index (κ3) is 4.17. The second kappa shape index (κ2) is 8.75. The van der Waals surface area contributed by atoms with Gasteiger partial charge in [0.05, 0.1) is 23.3 Å². The van der Waals surface area contributed by atoms with Gasteiger partial charge >= 0.3 is 5.97 Å². The van der Waals surface area contributed by atoms with Gasteiger partial charge in [0.2, 0.25) is 0 Å². The number of sulfonamides is 1. The Morgan fingerprint density at radius 1 is 1.09 bits per heavy atom. The molecule has 1 aliphatic heterocycles. The van der Waals surface area contributed by atoms with Gasteiger partial charge in [-0.1, -0.05) is 6.07 Å². The zero-order chi connectivity index (χ0) is 24.6. The van der Waals surface area contributed by atoms with Crippen LogP contribution in [0.3, 0.4) is 0 Å². The molecule has 2 N–H and O–H groups in total. The molecular formula is C23H18F2N2O6S. The minimum absolute atomic E-state index is 0.0104. The first-order valence-corrected chi connectivity index (χ1v) is 11.4. The van der Waals surface area contributed by atoms with E-state index in [0.29, 0.717) is 12.0 Å². The first kappa shape index (κ1) is 23.2. The van der Waals surface area contributed by atoms with Crippen molar-refractivity contribution in [3.8, 4) is 5.75 Å². The smallest absolute Gasteiger partial charge is 0.338 e. The third-order valence-corrected chi connectivity index (χ3v) is 7.15. The van der Waals surface area contributed by atoms with Crippen LogP contribution in [-0.4, -0.2) is 39.1 Å². The highest BCUT2D eigenvalue weighted by Crippen LogP contribution is 2.39. The van der Waals surface area contributed by atoms with Gasteiger partial charge in [-0.15, -0.1) is 0 Å². The van der Waals surface area contributed by atoms with E-state index in [9.17, 15) is 26.8 Å². The Bertz CT molecular complexity index is 1420. The normalized spacial score (nSPS) is 12.9. The molecule has 1 heterocycles. The summed E-state index contributed by atoms with van der Waals surface area (Å²) < 4.78 is 60.4. The average Bonchev–Trinajstić information content (AvgIpc) is 3.23. The highest BCUT2D eigenvalue weighted by molar-refractivity contribution is 7.92. The molecule has 8 nitrogen and oxygen atoms in total. The number of fused-ring (bicyclic) bond motifs is 1. The van der Waals surface area contributed by atoms with Crippen LogP contribution in [0.2, 0.25) is 0 Å². The Kier molecular flexibility index (Phi) is 5.96. The number of carbonyl (C=O) groups excluding carboxylic acids is 1. The van der Waals surface area contributed by atoms with Crippen molar-refractivity contribution in [3.05, 3.63) is 82.9 Å². The molecule has 1 amide bonds. The van der Waals surface area contributed by atoms with Gasteiger partial charge in [0, 0.05) is 23.4 Å². The molecule has 1 aliphatic rings. The fourth-order valence-corrected chi connectivity index (χ4v) is 5.25. The van der Waals surface area contributed by atoms with Crippen molar-refractivity contribution >= 4 is 33.3 Å². The van der Waals surface area contributed by atoms with Gasteiger partial charge in [-0.05, 0) is 55.0 Å². The zero-order valence-corrected chi connectivity index (χ0v) is 18.5. The third-order valence-electron chi connectivity index (χ3n) is 5.34. The molecular weight excluding hydrogens is 470 g/mol. The molecule has 11 heteroatoms. The van der Waals surface area contributed by atoms with Gasteiger partial charge in [-0.25, -0.2) is 22.0 Å². The molecule has 0 saturated heterocycles. The summed E-state index contributed by atoms with van der Waals surface area (Å²) in [6.07, 6.45) is 0.316. The van der Waals surface area contributed by atoms with Gasteiger partial charge in [0.15, 0.2) is 0 Å². The molecule has 0 unspecified atom stereocenters. The van der Waals surface area contributed by atoms with E-state index in [0.717, 1.165) is 28.6 Å². The number of aromatic carboxylic acids is 1. The van der Waals surface area contributed by atoms with Crippen LogP contribution < -0.4 is 14.4 Å². The van der Waals surface area contributed by atoms with E-state index in [4.69, 9.17) is 9.84 Å². The molecule has 0 bridgehead atoms. The van der Waals surface area contributed by atoms with Crippen LogP contribution in [0.25, 0.3) is 0 Å². The molecule has 0 radical (unpaired) electrons. The maximum Gasteiger partial charge on any atom is 0.338 e. The quantitative estimate of drug-likeness (QED) is 0.548. The van der Waals surface area contributed by atoms with E-state index in [1.54, 1.807) is 0 Å². The number of nitrogens with one attached hydrogen (secondary N) is 1. The topological polar surface area (TPSA) is 113 Å². The SMILES string of the molecule is COc1cc(C(=O)Nc2ccc(C(=O)O)c(F)c2)cc2c1CCN2S(=O)(=O)c1cccc(F)c1. The summed E-state index contributed by atoms with van der Waals surface area (Å²) in [5, 5.41) is 11.4. The number of amides is 1. The number of benzene rings is 3. The first-order valence-electron chi connectivity index (χ1n) is 9.95. The fourth-order valence-electron chi connectivity index (χ4n) is 3.73. The van der Waals surface area contributed by atoms with E-state index >= 15 is 0 Å². The number of carboxylic acid groups (broad SMARTS) is 1. The van der Waals surface area contributed by atoms with E-state index in [1.165, 1.54) is 37.4 Å². The lowest BCUT2D eigenvalue weighted by molar-refractivity contribution is 0.0691. The minimum Gasteiger partial charge on any atom is -0.496 e. The summed E-state index contributed by atoms with van der Waals surface area (Å²) in [5.74, 6) is -3.58. The molecule has 0 fully saturated rings. The van der Waals surface area contributed by atoms with E-state index in [1.807, 2.05) is 0 Å². The molecule has 0 atom stereocenters. The summed E-state index contributed by atoms with van der Waals surface area (Å²) in [6.45, 7) is 0.0669. The number of hydrogen-bond donors (Lipinski definition) is 2. The van der Waals surface area contributed by atoms with Gasteiger partial charge in [0.1, 0.15) is 17.4 Å². The van der Waals surface area contributed by atoms with Crippen molar-refractivity contribution in [1.82, 2.24) is 0 Å². The molecule has 4 rings (SSSR count). The van der Waals surface area contributed by atoms with Crippen molar-refractivity contribution in [2.75, 3.05) is 23.3 Å². The minimum atomic E-state index is -4.12. The second-order valence-corrected chi connectivity index (χ2v) is 9.28. The number of rotatable bonds is 6. The Morgan fingerprint density at radius 2 is 1.85 bits per heavy atom. The number of anilines is 2. The molecule has 0 spiro atoms. The number of ether oxygens (including phenoxy) is 1. The summed E-state index contributed by atoms with van der Waals surface area (Å²) >= 11 is 0. The maximum absolute atomic E-state index is 14.0. The van der Waals surface area contributed by atoms with Gasteiger partial charge in [-0.3, -0.25) is 9.10 Å². The van der Waals surface area contributed by atoms with Crippen LogP contribution in [0.15, 0.2) is 59.5 Å². The van der Waals surface area contributed by atoms with Crippen LogP contribution >= 0.6 is 0 Å². The average molecular weight is 488 g/mol. The number of carboxylic acids is 1. The van der Waals surface area contributed by atoms with E-state index < -0.39 is 39.1 Å².